The molecule has 0 radical (unpaired) electrons. The van der Waals surface area contributed by atoms with E-state index >= 15 is 0 Å². The molecule has 2 rings (SSSR count). The number of aliphatic carboxylic acids is 1. The number of amides is 1. The van der Waals surface area contributed by atoms with Gasteiger partial charge in [0.1, 0.15) is 0 Å². The summed E-state index contributed by atoms with van der Waals surface area (Å²) in [5.74, 6) is -1.43. The van der Waals surface area contributed by atoms with Gasteiger partial charge in [0.25, 0.3) is 0 Å². The van der Waals surface area contributed by atoms with Crippen LogP contribution in [0.15, 0.2) is 24.3 Å². The van der Waals surface area contributed by atoms with Gasteiger partial charge >= 0.3 is 5.97 Å². The molecule has 1 aliphatic rings. The Kier molecular flexibility index (Phi) is 4.39. The molecule has 0 saturated carbocycles. The van der Waals surface area contributed by atoms with E-state index < -0.39 is 12.0 Å². The molecular formula is C13H15ClN2O3. The van der Waals surface area contributed by atoms with E-state index in [1.807, 2.05) is 0 Å². The van der Waals surface area contributed by atoms with E-state index in [4.69, 9.17) is 11.6 Å². The molecule has 0 bridgehead atoms. The molecule has 6 heteroatoms. The summed E-state index contributed by atoms with van der Waals surface area (Å²) in [7, 11) is 0. The average Bonchev–Trinajstić information content (AvgIpc) is 2.90. The second kappa shape index (κ2) is 6.04. The molecule has 19 heavy (non-hydrogen) atoms. The zero-order valence-electron chi connectivity index (χ0n) is 10.2. The van der Waals surface area contributed by atoms with E-state index in [0.717, 1.165) is 19.4 Å². The maximum absolute atomic E-state index is 12.0. The molecule has 1 heterocycles. The number of carbonyl (C=O) groups is 2. The first-order chi connectivity index (χ1) is 9.09. The highest BCUT2D eigenvalue weighted by atomic mass is 35.5. The fraction of sp³-hybridized carbons (Fsp3) is 0.385. The van der Waals surface area contributed by atoms with E-state index in [0.29, 0.717) is 10.6 Å². The Bertz CT molecular complexity index is 487. The summed E-state index contributed by atoms with van der Waals surface area (Å²) in [6.45, 7) is 0.780. The van der Waals surface area contributed by atoms with Crippen molar-refractivity contribution in [1.82, 2.24) is 10.6 Å². The van der Waals surface area contributed by atoms with Crippen LogP contribution >= 0.6 is 11.6 Å². The summed E-state index contributed by atoms with van der Waals surface area (Å²) < 4.78 is 0. The minimum Gasteiger partial charge on any atom is -0.479 e. The molecule has 1 saturated heterocycles. The van der Waals surface area contributed by atoms with Gasteiger partial charge in [-0.2, -0.15) is 0 Å². The number of carboxylic acid groups (broad SMARTS) is 1. The molecule has 5 nitrogen and oxygen atoms in total. The van der Waals surface area contributed by atoms with E-state index in [1.165, 1.54) is 0 Å². The van der Waals surface area contributed by atoms with E-state index in [2.05, 4.69) is 10.6 Å². The van der Waals surface area contributed by atoms with Crippen molar-refractivity contribution in [3.63, 3.8) is 0 Å². The number of carbonyl (C=O) groups excluding carboxylic acids is 1. The smallest absolute Gasteiger partial charge is 0.330 e. The van der Waals surface area contributed by atoms with Crippen molar-refractivity contribution in [1.29, 1.82) is 0 Å². The lowest BCUT2D eigenvalue weighted by molar-refractivity contribution is -0.142. The first-order valence-electron chi connectivity index (χ1n) is 6.10. The van der Waals surface area contributed by atoms with Gasteiger partial charge in [-0.1, -0.05) is 29.8 Å². The quantitative estimate of drug-likeness (QED) is 0.779. The van der Waals surface area contributed by atoms with Crippen molar-refractivity contribution in [3.8, 4) is 0 Å². The third-order valence-electron chi connectivity index (χ3n) is 3.13. The number of nitrogens with one attached hydrogen (secondary N) is 2. The van der Waals surface area contributed by atoms with Crippen molar-refractivity contribution < 1.29 is 14.7 Å². The van der Waals surface area contributed by atoms with Crippen molar-refractivity contribution in [3.05, 3.63) is 34.9 Å². The van der Waals surface area contributed by atoms with Crippen LogP contribution in [0.5, 0.6) is 0 Å². The van der Waals surface area contributed by atoms with Crippen molar-refractivity contribution in [2.45, 2.75) is 24.9 Å². The van der Waals surface area contributed by atoms with Crippen molar-refractivity contribution in [2.24, 2.45) is 0 Å². The van der Waals surface area contributed by atoms with Gasteiger partial charge in [-0.25, -0.2) is 4.79 Å². The number of benzene rings is 1. The number of halogens is 1. The van der Waals surface area contributed by atoms with Gasteiger partial charge < -0.3 is 15.7 Å². The molecule has 2 atom stereocenters. The van der Waals surface area contributed by atoms with E-state index in [1.54, 1.807) is 24.3 Å². The van der Waals surface area contributed by atoms with Gasteiger partial charge in [0, 0.05) is 10.6 Å². The average molecular weight is 283 g/mol. The number of hydrogen-bond acceptors (Lipinski definition) is 3. The Balaban J connectivity index is 2.15. The lowest BCUT2D eigenvalue weighted by Gasteiger charge is -2.18. The SMILES string of the molecule is O=C(N[C@@H](C(=O)O)c1ccccc1Cl)[C@@H]1CCCN1. The maximum Gasteiger partial charge on any atom is 0.330 e. The zero-order chi connectivity index (χ0) is 13.8. The Morgan fingerprint density at radius 1 is 1.42 bits per heavy atom. The van der Waals surface area contributed by atoms with Crippen LogP contribution < -0.4 is 10.6 Å². The zero-order valence-corrected chi connectivity index (χ0v) is 11.0. The Morgan fingerprint density at radius 3 is 2.74 bits per heavy atom. The molecule has 3 N–H and O–H groups in total. The summed E-state index contributed by atoms with van der Waals surface area (Å²) in [5.41, 5.74) is 0.392. The van der Waals surface area contributed by atoms with Crippen LogP contribution in [0.1, 0.15) is 24.4 Å². The van der Waals surface area contributed by atoms with Gasteiger partial charge in [-0.15, -0.1) is 0 Å². The predicted molar refractivity (Wildman–Crippen MR) is 71.0 cm³/mol. The second-order valence-electron chi connectivity index (χ2n) is 4.45. The highest BCUT2D eigenvalue weighted by Crippen LogP contribution is 2.23. The van der Waals surface area contributed by atoms with Crippen LogP contribution in [0.3, 0.4) is 0 Å². The first-order valence-corrected chi connectivity index (χ1v) is 6.48. The Hall–Kier alpha value is -1.59. The molecule has 102 valence electrons. The lowest BCUT2D eigenvalue weighted by atomic mass is 10.1. The summed E-state index contributed by atoms with van der Waals surface area (Å²) in [5, 5.41) is 15.1. The maximum atomic E-state index is 12.0. The lowest BCUT2D eigenvalue weighted by Crippen LogP contribution is -2.44. The minimum atomic E-state index is -1.13. The predicted octanol–water partition coefficient (Wildman–Crippen LogP) is 1.33. The topological polar surface area (TPSA) is 78.4 Å². The molecule has 1 amide bonds. The molecule has 1 fully saturated rings. The standard InChI is InChI=1S/C13H15ClN2O3/c14-9-5-2-1-4-8(9)11(13(18)19)16-12(17)10-6-3-7-15-10/h1-2,4-5,10-11,15H,3,6-7H2,(H,16,17)(H,18,19)/t10-,11+/m0/s1. The van der Waals surface area contributed by atoms with Gasteiger partial charge in [0.15, 0.2) is 6.04 Å². The molecule has 1 aromatic rings. The second-order valence-corrected chi connectivity index (χ2v) is 4.86. The number of carboxylic acids is 1. The summed E-state index contributed by atoms with van der Waals surface area (Å²) >= 11 is 5.98. The molecular weight excluding hydrogens is 268 g/mol. The van der Waals surface area contributed by atoms with Gasteiger partial charge in [-0.3, -0.25) is 4.79 Å². The molecule has 0 aliphatic carbocycles. The van der Waals surface area contributed by atoms with Gasteiger partial charge in [-0.05, 0) is 25.5 Å². The van der Waals surface area contributed by atoms with Crippen LogP contribution in [0.2, 0.25) is 5.02 Å². The van der Waals surface area contributed by atoms with E-state index in [9.17, 15) is 14.7 Å². The fourth-order valence-corrected chi connectivity index (χ4v) is 2.38. The number of rotatable bonds is 4. The molecule has 0 unspecified atom stereocenters. The number of hydrogen-bond donors (Lipinski definition) is 3. The van der Waals surface area contributed by atoms with Gasteiger partial charge in [0.2, 0.25) is 5.91 Å². The third kappa shape index (κ3) is 3.24. The Morgan fingerprint density at radius 2 is 2.16 bits per heavy atom. The summed E-state index contributed by atoms with van der Waals surface area (Å²) in [6, 6.07) is 5.17. The minimum absolute atomic E-state index is 0.301. The largest absolute Gasteiger partial charge is 0.479 e. The van der Waals surface area contributed by atoms with Crippen molar-refractivity contribution in [2.75, 3.05) is 6.54 Å². The summed E-state index contributed by atoms with van der Waals surface area (Å²) in [4.78, 5) is 23.3. The fourth-order valence-electron chi connectivity index (χ4n) is 2.13. The third-order valence-corrected chi connectivity index (χ3v) is 3.47. The van der Waals surface area contributed by atoms with Crippen LogP contribution in [0.4, 0.5) is 0 Å². The van der Waals surface area contributed by atoms with Crippen LogP contribution in [0, 0.1) is 0 Å². The van der Waals surface area contributed by atoms with Crippen molar-refractivity contribution >= 4 is 23.5 Å². The molecule has 1 aliphatic heterocycles. The molecule has 0 spiro atoms. The van der Waals surface area contributed by atoms with Crippen LogP contribution in [0.25, 0.3) is 0 Å². The monoisotopic (exact) mass is 282 g/mol. The summed E-state index contributed by atoms with van der Waals surface area (Å²) in [6.07, 6.45) is 1.64. The normalized spacial score (nSPS) is 19.9. The molecule has 1 aromatic carbocycles. The highest BCUT2D eigenvalue weighted by molar-refractivity contribution is 6.31. The van der Waals surface area contributed by atoms with Crippen LogP contribution in [-0.4, -0.2) is 29.6 Å². The van der Waals surface area contributed by atoms with E-state index in [-0.39, 0.29) is 11.9 Å². The Labute approximate surface area is 116 Å². The van der Waals surface area contributed by atoms with Crippen LogP contribution in [-0.2, 0) is 9.59 Å². The molecule has 0 aromatic heterocycles. The van der Waals surface area contributed by atoms with Gasteiger partial charge in [0.05, 0.1) is 6.04 Å². The first kappa shape index (κ1) is 13.8. The highest BCUT2D eigenvalue weighted by Gasteiger charge is 2.29.